The number of thiocarbonyl (C=S) groups is 1. The van der Waals surface area contributed by atoms with E-state index in [9.17, 15) is 0 Å². The molecule has 1 fully saturated rings. The van der Waals surface area contributed by atoms with Crippen molar-refractivity contribution in [3.8, 4) is 5.88 Å². The molecule has 1 aliphatic rings. The zero-order valence-corrected chi connectivity index (χ0v) is 9.70. The van der Waals surface area contributed by atoms with E-state index in [0.717, 1.165) is 25.0 Å². The molecule has 1 saturated heterocycles. The summed E-state index contributed by atoms with van der Waals surface area (Å²) < 4.78 is 11.0. The van der Waals surface area contributed by atoms with Crippen molar-refractivity contribution >= 4 is 17.2 Å². The first-order valence-electron chi connectivity index (χ1n) is 5.26. The summed E-state index contributed by atoms with van der Waals surface area (Å²) in [6.45, 7) is 1.36. The molecule has 5 heteroatoms. The average molecular weight is 238 g/mol. The van der Waals surface area contributed by atoms with Crippen LogP contribution in [0.1, 0.15) is 18.4 Å². The summed E-state index contributed by atoms with van der Waals surface area (Å²) in [5.74, 6) is 0.542. The Kier molecular flexibility index (Phi) is 3.69. The molecule has 4 nitrogen and oxygen atoms in total. The van der Waals surface area contributed by atoms with Crippen molar-refractivity contribution in [3.63, 3.8) is 0 Å². The van der Waals surface area contributed by atoms with Gasteiger partial charge in [-0.2, -0.15) is 0 Å². The Morgan fingerprint density at radius 1 is 1.69 bits per heavy atom. The van der Waals surface area contributed by atoms with E-state index in [1.807, 2.05) is 0 Å². The maximum absolute atomic E-state index is 5.53. The highest BCUT2D eigenvalue weighted by Crippen LogP contribution is 2.15. The molecule has 1 aromatic rings. The third-order valence-corrected chi connectivity index (χ3v) is 2.70. The lowest BCUT2D eigenvalue weighted by Gasteiger charge is -2.10. The van der Waals surface area contributed by atoms with Gasteiger partial charge in [0.25, 0.3) is 0 Å². The standard InChI is InChI=1S/C11H14N2O2S/c12-11(16)8-3-4-13-10(6-8)15-7-9-2-1-5-14-9/h3-4,6,9H,1-2,5,7H2,(H2,12,16). The molecule has 2 N–H and O–H groups in total. The molecule has 2 heterocycles. The minimum Gasteiger partial charge on any atom is -0.475 e. The second-order valence-corrected chi connectivity index (χ2v) is 4.13. The SMILES string of the molecule is NC(=S)c1ccnc(OCC2CCCO2)c1. The summed E-state index contributed by atoms with van der Waals surface area (Å²) in [5, 5.41) is 0. The van der Waals surface area contributed by atoms with Crippen molar-refractivity contribution in [1.29, 1.82) is 0 Å². The molecule has 0 aliphatic carbocycles. The van der Waals surface area contributed by atoms with Crippen LogP contribution in [-0.4, -0.2) is 29.3 Å². The molecule has 0 amide bonds. The van der Waals surface area contributed by atoms with Crippen LogP contribution >= 0.6 is 12.2 Å². The van der Waals surface area contributed by atoms with Crippen LogP contribution in [0.4, 0.5) is 0 Å². The fraction of sp³-hybridized carbons (Fsp3) is 0.455. The number of hydrogen-bond acceptors (Lipinski definition) is 4. The average Bonchev–Trinajstić information content (AvgIpc) is 2.79. The van der Waals surface area contributed by atoms with Gasteiger partial charge in [0.05, 0.1) is 6.10 Å². The number of nitrogens with zero attached hydrogens (tertiary/aromatic N) is 1. The predicted molar refractivity (Wildman–Crippen MR) is 64.6 cm³/mol. The van der Waals surface area contributed by atoms with Crippen LogP contribution < -0.4 is 10.5 Å². The molecule has 86 valence electrons. The van der Waals surface area contributed by atoms with E-state index in [-0.39, 0.29) is 6.10 Å². The number of pyridine rings is 1. The number of aromatic nitrogens is 1. The van der Waals surface area contributed by atoms with E-state index in [0.29, 0.717) is 17.5 Å². The minimum absolute atomic E-state index is 0.190. The van der Waals surface area contributed by atoms with Gasteiger partial charge in [0.15, 0.2) is 0 Å². The van der Waals surface area contributed by atoms with Crippen molar-refractivity contribution in [3.05, 3.63) is 23.9 Å². The molecule has 1 atom stereocenters. The van der Waals surface area contributed by atoms with Crippen molar-refractivity contribution in [2.75, 3.05) is 13.2 Å². The summed E-state index contributed by atoms with van der Waals surface area (Å²) >= 11 is 4.88. The lowest BCUT2D eigenvalue weighted by Crippen LogP contribution is -2.17. The Morgan fingerprint density at radius 2 is 2.56 bits per heavy atom. The Labute approximate surface area is 99.8 Å². The lowest BCUT2D eigenvalue weighted by molar-refractivity contribution is 0.0663. The Balaban J connectivity index is 1.93. The third kappa shape index (κ3) is 2.90. The van der Waals surface area contributed by atoms with Gasteiger partial charge < -0.3 is 15.2 Å². The predicted octanol–water partition coefficient (Wildman–Crippen LogP) is 1.27. The van der Waals surface area contributed by atoms with E-state index in [1.165, 1.54) is 0 Å². The minimum atomic E-state index is 0.190. The molecule has 16 heavy (non-hydrogen) atoms. The van der Waals surface area contributed by atoms with Crippen LogP contribution in [0.2, 0.25) is 0 Å². The van der Waals surface area contributed by atoms with Crippen molar-refractivity contribution in [1.82, 2.24) is 4.98 Å². The van der Waals surface area contributed by atoms with Gasteiger partial charge in [-0.1, -0.05) is 12.2 Å². The van der Waals surface area contributed by atoms with Gasteiger partial charge in [0.2, 0.25) is 5.88 Å². The maximum atomic E-state index is 5.53. The quantitative estimate of drug-likeness (QED) is 0.801. The summed E-state index contributed by atoms with van der Waals surface area (Å²) in [4.78, 5) is 4.44. The second-order valence-electron chi connectivity index (χ2n) is 3.69. The zero-order chi connectivity index (χ0) is 11.4. The monoisotopic (exact) mass is 238 g/mol. The Hall–Kier alpha value is -1.20. The van der Waals surface area contributed by atoms with Gasteiger partial charge in [-0.05, 0) is 18.9 Å². The number of ether oxygens (including phenoxy) is 2. The molecular formula is C11H14N2O2S. The molecule has 0 spiro atoms. The first-order valence-corrected chi connectivity index (χ1v) is 5.67. The molecule has 1 aliphatic heterocycles. The number of rotatable bonds is 4. The lowest BCUT2D eigenvalue weighted by atomic mass is 10.2. The van der Waals surface area contributed by atoms with Gasteiger partial charge in [0, 0.05) is 24.4 Å². The van der Waals surface area contributed by atoms with Crippen molar-refractivity contribution in [2.45, 2.75) is 18.9 Å². The highest BCUT2D eigenvalue weighted by atomic mass is 32.1. The summed E-state index contributed by atoms with van der Waals surface area (Å²) in [7, 11) is 0. The van der Waals surface area contributed by atoms with Crippen LogP contribution in [0.3, 0.4) is 0 Å². The van der Waals surface area contributed by atoms with Crippen LogP contribution in [0.15, 0.2) is 18.3 Å². The van der Waals surface area contributed by atoms with E-state index >= 15 is 0 Å². The molecule has 1 aromatic heterocycles. The van der Waals surface area contributed by atoms with Gasteiger partial charge in [0.1, 0.15) is 11.6 Å². The molecule has 0 aromatic carbocycles. The molecule has 0 radical (unpaired) electrons. The van der Waals surface area contributed by atoms with Crippen LogP contribution in [0, 0.1) is 0 Å². The summed E-state index contributed by atoms with van der Waals surface area (Å²) in [5.41, 5.74) is 6.30. The van der Waals surface area contributed by atoms with Gasteiger partial charge in [-0.3, -0.25) is 0 Å². The number of nitrogens with two attached hydrogens (primary N) is 1. The van der Waals surface area contributed by atoms with Crippen molar-refractivity contribution in [2.24, 2.45) is 5.73 Å². The molecule has 2 rings (SSSR count). The van der Waals surface area contributed by atoms with E-state index in [1.54, 1.807) is 18.3 Å². The largest absolute Gasteiger partial charge is 0.475 e. The summed E-state index contributed by atoms with van der Waals surface area (Å²) in [6.07, 6.45) is 3.98. The molecule has 1 unspecified atom stereocenters. The van der Waals surface area contributed by atoms with Gasteiger partial charge >= 0.3 is 0 Å². The Bertz CT molecular complexity index is 378. The first-order chi connectivity index (χ1) is 7.75. The fourth-order valence-electron chi connectivity index (χ4n) is 1.60. The number of hydrogen-bond donors (Lipinski definition) is 1. The van der Waals surface area contributed by atoms with Crippen LogP contribution in [0.5, 0.6) is 5.88 Å². The van der Waals surface area contributed by atoms with Crippen LogP contribution in [-0.2, 0) is 4.74 Å². The topological polar surface area (TPSA) is 57.4 Å². The third-order valence-electron chi connectivity index (χ3n) is 2.46. The first kappa shape index (κ1) is 11.3. The Morgan fingerprint density at radius 3 is 3.25 bits per heavy atom. The smallest absolute Gasteiger partial charge is 0.213 e. The van der Waals surface area contributed by atoms with E-state index < -0.39 is 0 Å². The highest BCUT2D eigenvalue weighted by Gasteiger charge is 2.16. The normalized spacial score (nSPS) is 19.6. The van der Waals surface area contributed by atoms with Crippen molar-refractivity contribution < 1.29 is 9.47 Å². The molecule has 0 bridgehead atoms. The molecule has 0 saturated carbocycles. The second kappa shape index (κ2) is 5.23. The zero-order valence-electron chi connectivity index (χ0n) is 8.89. The van der Waals surface area contributed by atoms with Gasteiger partial charge in [-0.15, -0.1) is 0 Å². The fourth-order valence-corrected chi connectivity index (χ4v) is 1.72. The maximum Gasteiger partial charge on any atom is 0.213 e. The summed E-state index contributed by atoms with van der Waals surface area (Å²) in [6, 6.07) is 3.51. The highest BCUT2D eigenvalue weighted by molar-refractivity contribution is 7.80. The van der Waals surface area contributed by atoms with Crippen LogP contribution in [0.25, 0.3) is 0 Å². The van der Waals surface area contributed by atoms with E-state index in [2.05, 4.69) is 4.98 Å². The van der Waals surface area contributed by atoms with E-state index in [4.69, 9.17) is 27.4 Å². The van der Waals surface area contributed by atoms with Gasteiger partial charge in [-0.25, -0.2) is 4.98 Å². The molecular weight excluding hydrogens is 224 g/mol.